The minimum absolute atomic E-state index is 0.104. The number of thioether (sulfide) groups is 1. The van der Waals surface area contributed by atoms with Gasteiger partial charge in [-0.3, -0.25) is 9.59 Å². The van der Waals surface area contributed by atoms with E-state index in [0.29, 0.717) is 12.1 Å². The maximum Gasteiger partial charge on any atom is 0.250 e. The van der Waals surface area contributed by atoms with E-state index in [-0.39, 0.29) is 21.5 Å². The average Bonchev–Trinajstić information content (AvgIpc) is 2.49. The zero-order valence-electron chi connectivity index (χ0n) is 16.2. The molecular formula is C18H28N2O4S2. The van der Waals surface area contributed by atoms with Crippen LogP contribution in [0.1, 0.15) is 40.2 Å². The van der Waals surface area contributed by atoms with Crippen molar-refractivity contribution in [1.82, 2.24) is 10.6 Å². The van der Waals surface area contributed by atoms with Crippen molar-refractivity contribution in [3.63, 3.8) is 0 Å². The first-order valence-electron chi connectivity index (χ1n) is 8.27. The molecule has 0 aliphatic heterocycles. The molecule has 6 nitrogen and oxygen atoms in total. The van der Waals surface area contributed by atoms with Crippen LogP contribution in [0.25, 0.3) is 0 Å². The van der Waals surface area contributed by atoms with Crippen molar-refractivity contribution < 1.29 is 18.0 Å². The molecule has 146 valence electrons. The van der Waals surface area contributed by atoms with E-state index in [1.807, 2.05) is 0 Å². The summed E-state index contributed by atoms with van der Waals surface area (Å²) in [6, 6.07) is 5.98. The van der Waals surface area contributed by atoms with Gasteiger partial charge in [0.25, 0.3) is 0 Å². The number of hydrogen-bond acceptors (Lipinski definition) is 5. The fourth-order valence-corrected chi connectivity index (χ4v) is 3.79. The van der Waals surface area contributed by atoms with Crippen LogP contribution >= 0.6 is 11.8 Å². The Morgan fingerprint density at radius 1 is 1.08 bits per heavy atom. The van der Waals surface area contributed by atoms with E-state index < -0.39 is 15.4 Å². The molecular weight excluding hydrogens is 372 g/mol. The van der Waals surface area contributed by atoms with Gasteiger partial charge in [-0.15, -0.1) is 0 Å². The summed E-state index contributed by atoms with van der Waals surface area (Å²) in [7, 11) is -3.33. The predicted octanol–water partition coefficient (Wildman–Crippen LogP) is 2.09. The van der Waals surface area contributed by atoms with Crippen LogP contribution < -0.4 is 10.6 Å². The van der Waals surface area contributed by atoms with Crippen LogP contribution in [-0.2, 0) is 25.0 Å². The number of benzene rings is 1. The summed E-state index contributed by atoms with van der Waals surface area (Å²) in [5, 5.41) is 5.53. The predicted molar refractivity (Wildman–Crippen MR) is 106 cm³/mol. The molecule has 0 aliphatic rings. The first kappa shape index (κ1) is 22.5. The minimum atomic E-state index is -3.33. The summed E-state index contributed by atoms with van der Waals surface area (Å²) in [4.78, 5) is 24.5. The van der Waals surface area contributed by atoms with Gasteiger partial charge in [0.15, 0.2) is 9.84 Å². The summed E-state index contributed by atoms with van der Waals surface area (Å²) >= 11 is 1.73. The van der Waals surface area contributed by atoms with E-state index in [2.05, 4.69) is 31.4 Å². The van der Waals surface area contributed by atoms with Crippen molar-refractivity contribution in [2.45, 2.75) is 49.8 Å². The maximum absolute atomic E-state index is 12.8. The zero-order valence-corrected chi connectivity index (χ0v) is 17.8. The third-order valence-corrected chi connectivity index (χ3v) is 6.07. The number of rotatable bonds is 7. The quantitative estimate of drug-likeness (QED) is 0.684. The second kappa shape index (κ2) is 8.43. The standard InChI is InChI=1S/C18H28N2O4S2/c1-13(21)20-18(5,16(22)19-11-12-25-17(2,3)4)14-7-9-15(10-8-14)26(6,23)24/h7-10H,11-12H2,1-6H3,(H,19,22)(H,20,21). The number of carbonyl (C=O) groups excluding carboxylic acids is 2. The molecule has 0 spiro atoms. The Kier molecular flexibility index (Phi) is 7.30. The second-order valence-corrected chi connectivity index (χ2v) is 11.3. The van der Waals surface area contributed by atoms with E-state index in [1.165, 1.54) is 19.1 Å². The Balaban J connectivity index is 2.99. The molecule has 0 aromatic heterocycles. The molecule has 1 rings (SSSR count). The summed E-state index contributed by atoms with van der Waals surface area (Å²) < 4.78 is 23.3. The van der Waals surface area contributed by atoms with Crippen molar-refractivity contribution in [2.75, 3.05) is 18.6 Å². The molecule has 0 saturated carbocycles. The SMILES string of the molecule is CC(=O)NC(C)(C(=O)NCCSC(C)(C)C)c1ccc(S(C)(=O)=O)cc1. The van der Waals surface area contributed by atoms with Crippen LogP contribution in [0.15, 0.2) is 29.2 Å². The molecule has 8 heteroatoms. The molecule has 1 aromatic rings. The molecule has 0 fully saturated rings. The zero-order chi connectivity index (χ0) is 20.2. The minimum Gasteiger partial charge on any atom is -0.353 e. The highest BCUT2D eigenvalue weighted by Gasteiger charge is 2.36. The van der Waals surface area contributed by atoms with Gasteiger partial charge in [0.1, 0.15) is 5.54 Å². The van der Waals surface area contributed by atoms with Crippen LogP contribution in [-0.4, -0.2) is 43.5 Å². The Hall–Kier alpha value is -1.54. The Morgan fingerprint density at radius 2 is 1.62 bits per heavy atom. The average molecular weight is 401 g/mol. The highest BCUT2D eigenvalue weighted by atomic mass is 32.2. The Labute approximate surface area is 160 Å². The fourth-order valence-electron chi connectivity index (χ4n) is 2.35. The summed E-state index contributed by atoms with van der Waals surface area (Å²) in [6.07, 6.45) is 1.12. The molecule has 1 unspecified atom stereocenters. The number of carbonyl (C=O) groups is 2. The van der Waals surface area contributed by atoms with Gasteiger partial charge < -0.3 is 10.6 Å². The molecule has 0 aliphatic carbocycles. The van der Waals surface area contributed by atoms with Crippen molar-refractivity contribution >= 4 is 33.4 Å². The summed E-state index contributed by atoms with van der Waals surface area (Å²) in [5.41, 5.74) is -0.769. The van der Waals surface area contributed by atoms with Crippen LogP contribution in [0.4, 0.5) is 0 Å². The third-order valence-electron chi connectivity index (χ3n) is 3.66. The van der Waals surface area contributed by atoms with E-state index in [0.717, 1.165) is 12.0 Å². The van der Waals surface area contributed by atoms with Crippen LogP contribution in [0.2, 0.25) is 0 Å². The van der Waals surface area contributed by atoms with Crippen molar-refractivity contribution in [1.29, 1.82) is 0 Å². The third kappa shape index (κ3) is 6.64. The van der Waals surface area contributed by atoms with Gasteiger partial charge in [0.05, 0.1) is 4.90 Å². The summed E-state index contributed by atoms with van der Waals surface area (Å²) in [5.74, 6) is 0.0616. The van der Waals surface area contributed by atoms with E-state index in [9.17, 15) is 18.0 Å². The molecule has 2 amide bonds. The molecule has 26 heavy (non-hydrogen) atoms. The molecule has 1 aromatic carbocycles. The van der Waals surface area contributed by atoms with E-state index in [1.54, 1.807) is 30.8 Å². The highest BCUT2D eigenvalue weighted by Crippen LogP contribution is 2.24. The monoisotopic (exact) mass is 400 g/mol. The van der Waals surface area contributed by atoms with Crippen molar-refractivity contribution in [3.05, 3.63) is 29.8 Å². The molecule has 0 heterocycles. The highest BCUT2D eigenvalue weighted by molar-refractivity contribution is 8.00. The second-order valence-electron chi connectivity index (χ2n) is 7.32. The van der Waals surface area contributed by atoms with Crippen LogP contribution in [0, 0.1) is 0 Å². The van der Waals surface area contributed by atoms with Gasteiger partial charge in [0.2, 0.25) is 11.8 Å². The van der Waals surface area contributed by atoms with Gasteiger partial charge in [-0.2, -0.15) is 11.8 Å². The maximum atomic E-state index is 12.8. The fraction of sp³-hybridized carbons (Fsp3) is 0.556. The van der Waals surface area contributed by atoms with Gasteiger partial charge >= 0.3 is 0 Å². The molecule has 0 bridgehead atoms. The molecule has 0 radical (unpaired) electrons. The number of amides is 2. The van der Waals surface area contributed by atoms with E-state index >= 15 is 0 Å². The number of hydrogen-bond donors (Lipinski definition) is 2. The van der Waals surface area contributed by atoms with Gasteiger partial charge in [-0.05, 0) is 24.6 Å². The topological polar surface area (TPSA) is 92.3 Å². The van der Waals surface area contributed by atoms with E-state index in [4.69, 9.17) is 0 Å². The lowest BCUT2D eigenvalue weighted by atomic mass is 9.90. The van der Waals surface area contributed by atoms with Gasteiger partial charge in [-0.1, -0.05) is 32.9 Å². The molecule has 0 saturated heterocycles. The number of nitrogens with one attached hydrogen (secondary N) is 2. The van der Waals surface area contributed by atoms with Gasteiger partial charge in [-0.25, -0.2) is 8.42 Å². The lowest BCUT2D eigenvalue weighted by molar-refractivity contribution is -0.132. The first-order valence-corrected chi connectivity index (χ1v) is 11.1. The smallest absolute Gasteiger partial charge is 0.250 e. The molecule has 2 N–H and O–H groups in total. The summed E-state index contributed by atoms with van der Waals surface area (Å²) in [6.45, 7) is 9.72. The first-order chi connectivity index (χ1) is 11.8. The van der Waals surface area contributed by atoms with Crippen LogP contribution in [0.5, 0.6) is 0 Å². The Morgan fingerprint density at radius 3 is 2.04 bits per heavy atom. The van der Waals surface area contributed by atoms with Crippen molar-refractivity contribution in [2.24, 2.45) is 0 Å². The largest absolute Gasteiger partial charge is 0.353 e. The Bertz CT molecular complexity index is 752. The lowest BCUT2D eigenvalue weighted by Crippen LogP contribution is -2.54. The van der Waals surface area contributed by atoms with Crippen LogP contribution in [0.3, 0.4) is 0 Å². The number of sulfone groups is 1. The molecule has 1 atom stereocenters. The lowest BCUT2D eigenvalue weighted by Gasteiger charge is -2.30. The van der Waals surface area contributed by atoms with Gasteiger partial charge in [0, 0.05) is 30.2 Å². The normalized spacial score (nSPS) is 14.4. The van der Waals surface area contributed by atoms with Crippen molar-refractivity contribution in [3.8, 4) is 0 Å².